The van der Waals surface area contributed by atoms with Crippen molar-refractivity contribution in [3.63, 3.8) is 0 Å². The molecule has 1 aliphatic heterocycles. The van der Waals surface area contributed by atoms with Crippen molar-refractivity contribution < 1.29 is 14.7 Å². The molecule has 0 spiro atoms. The number of nitrogens with zero attached hydrogens (tertiary/aromatic N) is 1. The summed E-state index contributed by atoms with van der Waals surface area (Å²) in [7, 11) is 0. The zero-order valence-corrected chi connectivity index (χ0v) is 13.8. The summed E-state index contributed by atoms with van der Waals surface area (Å²) in [5, 5.41) is 12.0. The van der Waals surface area contributed by atoms with E-state index in [2.05, 4.69) is 12.2 Å². The molecule has 126 valence electrons. The van der Waals surface area contributed by atoms with Gasteiger partial charge in [0.25, 0.3) is 0 Å². The smallest absolute Gasteiger partial charge is 0.307 e. The molecule has 5 heteroatoms. The number of hydrogen-bond donors (Lipinski definition) is 2. The normalized spacial score (nSPS) is 18.6. The van der Waals surface area contributed by atoms with Crippen LogP contribution in [0.25, 0.3) is 0 Å². The largest absolute Gasteiger partial charge is 0.481 e. The summed E-state index contributed by atoms with van der Waals surface area (Å²) in [5.74, 6) is -1.20. The zero-order chi connectivity index (χ0) is 16.7. The number of carboxylic acids is 1. The molecule has 1 aliphatic rings. The van der Waals surface area contributed by atoms with Gasteiger partial charge >= 0.3 is 5.97 Å². The van der Waals surface area contributed by atoms with Crippen molar-refractivity contribution in [3.05, 3.63) is 29.8 Å². The van der Waals surface area contributed by atoms with Gasteiger partial charge in [-0.15, -0.1) is 0 Å². The van der Waals surface area contributed by atoms with Gasteiger partial charge in [0.05, 0.1) is 12.5 Å². The van der Waals surface area contributed by atoms with E-state index in [-0.39, 0.29) is 18.4 Å². The lowest BCUT2D eigenvalue weighted by molar-refractivity contribution is -0.144. The lowest BCUT2D eigenvalue weighted by Crippen LogP contribution is -2.42. The average molecular weight is 318 g/mol. The Kier molecular flexibility index (Phi) is 6.59. The number of piperidine rings is 1. The van der Waals surface area contributed by atoms with E-state index in [1.54, 1.807) is 0 Å². The quantitative estimate of drug-likeness (QED) is 0.811. The standard InChI is InChI=1S/C18H26N2O3/c1-2-3-5-14-7-9-16(10-8-14)19-17(21)13-20-11-4-6-15(12-20)18(22)23/h7-10,15H,2-6,11-13H2,1H3,(H,19,21)(H,22,23). The second-order valence-electron chi connectivity index (χ2n) is 6.26. The Morgan fingerprint density at radius 3 is 2.70 bits per heavy atom. The molecule has 0 aliphatic carbocycles. The monoisotopic (exact) mass is 318 g/mol. The van der Waals surface area contributed by atoms with Crippen LogP contribution >= 0.6 is 0 Å². The summed E-state index contributed by atoms with van der Waals surface area (Å²) in [5.41, 5.74) is 2.08. The summed E-state index contributed by atoms with van der Waals surface area (Å²) in [6, 6.07) is 7.96. The lowest BCUT2D eigenvalue weighted by atomic mass is 9.98. The Bertz CT molecular complexity index is 528. The second kappa shape index (κ2) is 8.67. The van der Waals surface area contributed by atoms with Gasteiger partial charge in [0.15, 0.2) is 0 Å². The molecule has 0 bridgehead atoms. The van der Waals surface area contributed by atoms with Crippen molar-refractivity contribution in [1.29, 1.82) is 0 Å². The van der Waals surface area contributed by atoms with Crippen LogP contribution in [0.1, 0.15) is 38.2 Å². The molecule has 2 rings (SSSR count). The fourth-order valence-corrected chi connectivity index (χ4v) is 2.94. The maximum atomic E-state index is 12.1. The SMILES string of the molecule is CCCCc1ccc(NC(=O)CN2CCCC(C(=O)O)C2)cc1. The van der Waals surface area contributed by atoms with Gasteiger partial charge in [0.2, 0.25) is 5.91 Å². The molecule has 1 aromatic rings. The number of amides is 1. The minimum atomic E-state index is -0.766. The first-order valence-electron chi connectivity index (χ1n) is 8.42. The molecule has 23 heavy (non-hydrogen) atoms. The highest BCUT2D eigenvalue weighted by Gasteiger charge is 2.26. The fraction of sp³-hybridized carbons (Fsp3) is 0.556. The van der Waals surface area contributed by atoms with Gasteiger partial charge in [-0.05, 0) is 49.9 Å². The molecule has 0 aromatic heterocycles. The summed E-state index contributed by atoms with van der Waals surface area (Å²) in [6.45, 7) is 3.66. The summed E-state index contributed by atoms with van der Waals surface area (Å²) >= 11 is 0. The van der Waals surface area contributed by atoms with Gasteiger partial charge in [0.1, 0.15) is 0 Å². The molecule has 1 heterocycles. The number of anilines is 1. The maximum Gasteiger partial charge on any atom is 0.307 e. The Morgan fingerprint density at radius 1 is 1.30 bits per heavy atom. The fourth-order valence-electron chi connectivity index (χ4n) is 2.94. The lowest BCUT2D eigenvalue weighted by Gasteiger charge is -2.29. The number of carbonyl (C=O) groups excluding carboxylic acids is 1. The van der Waals surface area contributed by atoms with E-state index in [0.29, 0.717) is 13.0 Å². The molecule has 1 atom stereocenters. The van der Waals surface area contributed by atoms with Gasteiger partial charge in [-0.3, -0.25) is 14.5 Å². The van der Waals surface area contributed by atoms with E-state index >= 15 is 0 Å². The molecule has 2 N–H and O–H groups in total. The van der Waals surface area contributed by atoms with Gasteiger partial charge in [-0.2, -0.15) is 0 Å². The number of likely N-dealkylation sites (tertiary alicyclic amines) is 1. The highest BCUT2D eigenvalue weighted by atomic mass is 16.4. The van der Waals surface area contributed by atoms with Gasteiger partial charge in [-0.1, -0.05) is 25.5 Å². The number of aliphatic carboxylic acids is 1. The van der Waals surface area contributed by atoms with E-state index in [1.165, 1.54) is 18.4 Å². The van der Waals surface area contributed by atoms with E-state index in [9.17, 15) is 9.59 Å². The number of unbranched alkanes of at least 4 members (excludes halogenated alkanes) is 1. The topological polar surface area (TPSA) is 69.6 Å². The third-order valence-electron chi connectivity index (χ3n) is 4.28. The van der Waals surface area contributed by atoms with E-state index in [4.69, 9.17) is 5.11 Å². The van der Waals surface area contributed by atoms with Crippen LogP contribution in [-0.2, 0) is 16.0 Å². The molecule has 0 saturated carbocycles. The number of carbonyl (C=O) groups is 2. The third kappa shape index (κ3) is 5.67. The minimum absolute atomic E-state index is 0.0858. The number of hydrogen-bond acceptors (Lipinski definition) is 3. The maximum absolute atomic E-state index is 12.1. The Balaban J connectivity index is 1.81. The van der Waals surface area contributed by atoms with Crippen molar-refractivity contribution in [2.75, 3.05) is 25.0 Å². The van der Waals surface area contributed by atoms with Crippen LogP contribution in [0, 0.1) is 5.92 Å². The molecule has 1 aromatic carbocycles. The van der Waals surface area contributed by atoms with Crippen LogP contribution in [0.15, 0.2) is 24.3 Å². The Hall–Kier alpha value is -1.88. The van der Waals surface area contributed by atoms with Crippen LogP contribution in [0.2, 0.25) is 0 Å². The molecular weight excluding hydrogens is 292 g/mol. The van der Waals surface area contributed by atoms with Crippen LogP contribution in [0.3, 0.4) is 0 Å². The van der Waals surface area contributed by atoms with E-state index in [1.807, 2.05) is 29.2 Å². The van der Waals surface area contributed by atoms with E-state index in [0.717, 1.165) is 25.1 Å². The summed E-state index contributed by atoms with van der Waals surface area (Å²) in [6.07, 6.45) is 4.94. The number of aryl methyl sites for hydroxylation is 1. The van der Waals surface area contributed by atoms with Gasteiger partial charge < -0.3 is 10.4 Å². The first-order chi connectivity index (χ1) is 11.1. The first-order valence-corrected chi connectivity index (χ1v) is 8.42. The van der Waals surface area contributed by atoms with E-state index < -0.39 is 5.97 Å². The molecule has 0 radical (unpaired) electrons. The van der Waals surface area contributed by atoms with Crippen molar-refractivity contribution in [1.82, 2.24) is 4.90 Å². The van der Waals surface area contributed by atoms with Gasteiger partial charge in [0, 0.05) is 12.2 Å². The predicted octanol–water partition coefficient (Wildman–Crippen LogP) is 2.76. The number of carboxylic acid groups (broad SMARTS) is 1. The molecule has 1 fully saturated rings. The first kappa shape index (κ1) is 17.5. The summed E-state index contributed by atoms with van der Waals surface area (Å²) < 4.78 is 0. The highest BCUT2D eigenvalue weighted by Crippen LogP contribution is 2.17. The minimum Gasteiger partial charge on any atom is -0.481 e. The molecular formula is C18H26N2O3. The molecule has 5 nitrogen and oxygen atoms in total. The van der Waals surface area contributed by atoms with Crippen molar-refractivity contribution in [2.24, 2.45) is 5.92 Å². The Morgan fingerprint density at radius 2 is 2.04 bits per heavy atom. The number of nitrogens with one attached hydrogen (secondary N) is 1. The van der Waals surface area contributed by atoms with Crippen LogP contribution in [0.4, 0.5) is 5.69 Å². The van der Waals surface area contributed by atoms with Crippen LogP contribution in [-0.4, -0.2) is 41.5 Å². The number of rotatable bonds is 7. The third-order valence-corrected chi connectivity index (χ3v) is 4.28. The van der Waals surface area contributed by atoms with Crippen molar-refractivity contribution in [3.8, 4) is 0 Å². The highest BCUT2D eigenvalue weighted by molar-refractivity contribution is 5.92. The molecule has 1 amide bonds. The predicted molar refractivity (Wildman–Crippen MR) is 90.5 cm³/mol. The van der Waals surface area contributed by atoms with Crippen LogP contribution in [0.5, 0.6) is 0 Å². The van der Waals surface area contributed by atoms with Gasteiger partial charge in [-0.25, -0.2) is 0 Å². The summed E-state index contributed by atoms with van der Waals surface area (Å²) in [4.78, 5) is 25.1. The molecule has 1 saturated heterocycles. The van der Waals surface area contributed by atoms with Crippen molar-refractivity contribution in [2.45, 2.75) is 39.0 Å². The van der Waals surface area contributed by atoms with Crippen LogP contribution < -0.4 is 5.32 Å². The zero-order valence-electron chi connectivity index (χ0n) is 13.8. The molecule has 1 unspecified atom stereocenters. The van der Waals surface area contributed by atoms with Crippen molar-refractivity contribution >= 4 is 17.6 Å². The number of benzene rings is 1. The Labute approximate surface area is 137 Å². The second-order valence-corrected chi connectivity index (χ2v) is 6.26. The average Bonchev–Trinajstić information content (AvgIpc) is 2.54.